The number of hydrogen-bond acceptors (Lipinski definition) is 4. The number of hydrogen-bond donors (Lipinski definition) is 1. The SMILES string of the molecule is O=C1N[C@]2(CCCc3sccc32)C(=O)N1CC(=O)C12CC3CC(CC(C3)C1)C2. The molecule has 2 heterocycles. The fourth-order valence-corrected chi connectivity index (χ4v) is 8.45. The molecule has 148 valence electrons. The van der Waals surface area contributed by atoms with Crippen molar-refractivity contribution in [1.82, 2.24) is 10.2 Å². The molecule has 7 rings (SSSR count). The number of urea groups is 1. The Morgan fingerprint density at radius 2 is 1.82 bits per heavy atom. The molecule has 1 aromatic rings. The van der Waals surface area contributed by atoms with E-state index in [0.29, 0.717) is 24.2 Å². The minimum Gasteiger partial charge on any atom is -0.319 e. The Bertz CT molecular complexity index is 855. The first kappa shape index (κ1) is 17.2. The summed E-state index contributed by atoms with van der Waals surface area (Å²) in [4.78, 5) is 42.1. The topological polar surface area (TPSA) is 66.5 Å². The van der Waals surface area contributed by atoms with Gasteiger partial charge in [-0.2, -0.15) is 0 Å². The van der Waals surface area contributed by atoms with E-state index in [0.717, 1.165) is 37.7 Å². The first-order chi connectivity index (χ1) is 13.5. The van der Waals surface area contributed by atoms with Crippen molar-refractivity contribution in [1.29, 1.82) is 0 Å². The first-order valence-corrected chi connectivity index (χ1v) is 11.6. The molecule has 6 aliphatic rings. The van der Waals surface area contributed by atoms with Gasteiger partial charge < -0.3 is 5.32 Å². The smallest absolute Gasteiger partial charge is 0.319 e. The lowest BCUT2D eigenvalue weighted by molar-refractivity contribution is -0.147. The number of Topliss-reactive ketones (excluding diaryl/α,β-unsaturated/α-hetero) is 1. The number of carbonyl (C=O) groups excluding carboxylic acids is 3. The lowest BCUT2D eigenvalue weighted by Gasteiger charge is -2.56. The van der Waals surface area contributed by atoms with Crippen LogP contribution < -0.4 is 5.32 Å². The van der Waals surface area contributed by atoms with E-state index in [1.165, 1.54) is 29.0 Å². The van der Waals surface area contributed by atoms with E-state index in [1.54, 1.807) is 11.3 Å². The van der Waals surface area contributed by atoms with Crippen LogP contribution in [0.5, 0.6) is 0 Å². The van der Waals surface area contributed by atoms with Crippen LogP contribution in [0.2, 0.25) is 0 Å². The molecule has 1 saturated heterocycles. The summed E-state index contributed by atoms with van der Waals surface area (Å²) >= 11 is 1.65. The Kier molecular flexibility index (Phi) is 3.49. The van der Waals surface area contributed by atoms with Gasteiger partial charge in [-0.3, -0.25) is 14.5 Å². The second-order valence-electron chi connectivity index (χ2n) is 9.96. The summed E-state index contributed by atoms with van der Waals surface area (Å²) in [7, 11) is 0. The van der Waals surface area contributed by atoms with Crippen molar-refractivity contribution in [2.24, 2.45) is 23.2 Å². The van der Waals surface area contributed by atoms with Crippen molar-refractivity contribution in [3.8, 4) is 0 Å². The van der Waals surface area contributed by atoms with Crippen LogP contribution in [0.1, 0.15) is 61.8 Å². The molecule has 5 fully saturated rings. The number of nitrogens with one attached hydrogen (secondary N) is 1. The van der Waals surface area contributed by atoms with Gasteiger partial charge in [0.1, 0.15) is 5.54 Å². The third kappa shape index (κ3) is 2.21. The van der Waals surface area contributed by atoms with Crippen LogP contribution in [-0.2, 0) is 21.5 Å². The Balaban J connectivity index is 1.27. The molecule has 1 spiro atoms. The molecule has 1 atom stereocenters. The predicted octanol–water partition coefficient (Wildman–Crippen LogP) is 3.62. The predicted molar refractivity (Wildman–Crippen MR) is 105 cm³/mol. The molecule has 6 heteroatoms. The third-order valence-electron chi connectivity index (χ3n) is 8.27. The van der Waals surface area contributed by atoms with Crippen LogP contribution in [0, 0.1) is 23.2 Å². The molecule has 4 bridgehead atoms. The highest BCUT2D eigenvalue weighted by Gasteiger charge is 2.58. The molecule has 1 N–H and O–H groups in total. The lowest BCUT2D eigenvalue weighted by Crippen LogP contribution is -2.53. The monoisotopic (exact) mass is 398 g/mol. The van der Waals surface area contributed by atoms with Gasteiger partial charge in [-0.1, -0.05) is 0 Å². The fourth-order valence-electron chi connectivity index (χ4n) is 7.45. The van der Waals surface area contributed by atoms with Crippen LogP contribution in [0.4, 0.5) is 4.79 Å². The van der Waals surface area contributed by atoms with Gasteiger partial charge >= 0.3 is 6.03 Å². The average Bonchev–Trinajstić information content (AvgIpc) is 3.21. The van der Waals surface area contributed by atoms with Gasteiger partial charge in [-0.15, -0.1) is 11.3 Å². The van der Waals surface area contributed by atoms with Gasteiger partial charge in [0.15, 0.2) is 5.78 Å². The van der Waals surface area contributed by atoms with Gasteiger partial charge in [0.25, 0.3) is 5.91 Å². The number of amides is 3. The Morgan fingerprint density at radius 1 is 1.14 bits per heavy atom. The third-order valence-corrected chi connectivity index (χ3v) is 9.25. The number of carbonyl (C=O) groups is 3. The molecule has 0 aromatic carbocycles. The summed E-state index contributed by atoms with van der Waals surface area (Å²) in [5.74, 6) is 1.95. The number of ketones is 1. The Labute approximate surface area is 168 Å². The molecule has 1 aromatic heterocycles. The highest BCUT2D eigenvalue weighted by Crippen LogP contribution is 2.60. The number of thiophene rings is 1. The zero-order valence-corrected chi connectivity index (χ0v) is 16.9. The zero-order chi connectivity index (χ0) is 19.1. The van der Waals surface area contributed by atoms with E-state index in [9.17, 15) is 14.4 Å². The quantitative estimate of drug-likeness (QED) is 0.791. The molecule has 3 amide bonds. The first-order valence-electron chi connectivity index (χ1n) is 10.7. The van der Waals surface area contributed by atoms with Crippen LogP contribution in [0.3, 0.4) is 0 Å². The number of nitrogens with zero attached hydrogens (tertiary/aromatic N) is 1. The number of imide groups is 1. The summed E-state index contributed by atoms with van der Waals surface area (Å²) in [6.45, 7) is -0.0436. The summed E-state index contributed by atoms with van der Waals surface area (Å²) in [6, 6.07) is 1.59. The highest BCUT2D eigenvalue weighted by molar-refractivity contribution is 7.10. The van der Waals surface area contributed by atoms with Crippen LogP contribution in [0.15, 0.2) is 11.4 Å². The fraction of sp³-hybridized carbons (Fsp3) is 0.682. The van der Waals surface area contributed by atoms with E-state index in [-0.39, 0.29) is 29.7 Å². The molecular weight excluding hydrogens is 372 g/mol. The molecule has 28 heavy (non-hydrogen) atoms. The molecule has 4 saturated carbocycles. The van der Waals surface area contributed by atoms with Gasteiger partial charge in [-0.25, -0.2) is 4.79 Å². The minimum absolute atomic E-state index is 0.0436. The van der Waals surface area contributed by atoms with Crippen molar-refractivity contribution < 1.29 is 14.4 Å². The maximum atomic E-state index is 13.4. The Morgan fingerprint density at radius 3 is 2.50 bits per heavy atom. The average molecular weight is 399 g/mol. The molecule has 5 aliphatic carbocycles. The Hall–Kier alpha value is -1.69. The second kappa shape index (κ2) is 5.68. The summed E-state index contributed by atoms with van der Waals surface area (Å²) in [5, 5.41) is 4.98. The van der Waals surface area contributed by atoms with Gasteiger partial charge in [0.05, 0.1) is 6.54 Å². The van der Waals surface area contributed by atoms with E-state index in [1.807, 2.05) is 11.4 Å². The number of aryl methyl sites for hydroxylation is 1. The molecule has 0 radical (unpaired) electrons. The van der Waals surface area contributed by atoms with Crippen LogP contribution in [-0.4, -0.2) is 29.2 Å². The highest BCUT2D eigenvalue weighted by atomic mass is 32.1. The zero-order valence-electron chi connectivity index (χ0n) is 16.0. The van der Waals surface area contributed by atoms with Crippen molar-refractivity contribution in [2.75, 3.05) is 6.54 Å². The minimum atomic E-state index is -0.938. The van der Waals surface area contributed by atoms with E-state index >= 15 is 0 Å². The van der Waals surface area contributed by atoms with Crippen molar-refractivity contribution in [2.45, 2.75) is 63.3 Å². The van der Waals surface area contributed by atoms with Gasteiger partial charge in [-0.05, 0) is 87.0 Å². The summed E-state index contributed by atoms with van der Waals surface area (Å²) in [6.07, 6.45) is 9.23. The van der Waals surface area contributed by atoms with E-state index in [4.69, 9.17) is 0 Å². The lowest BCUT2D eigenvalue weighted by atomic mass is 9.48. The van der Waals surface area contributed by atoms with Crippen LogP contribution in [0.25, 0.3) is 0 Å². The van der Waals surface area contributed by atoms with Gasteiger partial charge in [0.2, 0.25) is 0 Å². The maximum absolute atomic E-state index is 13.4. The number of fused-ring (bicyclic) bond motifs is 2. The van der Waals surface area contributed by atoms with E-state index < -0.39 is 5.54 Å². The van der Waals surface area contributed by atoms with Crippen molar-refractivity contribution in [3.05, 3.63) is 21.9 Å². The molecule has 1 aliphatic heterocycles. The van der Waals surface area contributed by atoms with Gasteiger partial charge in [0, 0.05) is 15.9 Å². The van der Waals surface area contributed by atoms with Crippen molar-refractivity contribution >= 4 is 29.1 Å². The molecular formula is C22H26N2O3S. The summed E-state index contributed by atoms with van der Waals surface area (Å²) < 4.78 is 0. The number of rotatable bonds is 3. The van der Waals surface area contributed by atoms with Crippen LogP contribution >= 0.6 is 11.3 Å². The second-order valence-corrected chi connectivity index (χ2v) is 11.0. The van der Waals surface area contributed by atoms with E-state index in [2.05, 4.69) is 5.32 Å². The largest absolute Gasteiger partial charge is 0.325 e. The van der Waals surface area contributed by atoms with Crippen molar-refractivity contribution in [3.63, 3.8) is 0 Å². The normalized spacial score (nSPS) is 40.9. The summed E-state index contributed by atoms with van der Waals surface area (Å²) in [5.41, 5.74) is -0.260. The molecule has 5 nitrogen and oxygen atoms in total. The standard InChI is InChI=1S/C22H26N2O3S/c25-18(21-9-13-6-14(10-21)8-15(7-13)11-21)12-24-19(26)22(23-20(24)27)4-1-2-17-16(22)3-5-28-17/h3,5,13-15H,1-2,4,6-12H2,(H,23,27)/t13?,14?,15?,21?,22-/m0/s1. The molecule has 0 unspecified atom stereocenters. The maximum Gasteiger partial charge on any atom is 0.325 e.